The Morgan fingerprint density at radius 2 is 1.81 bits per heavy atom. The molecule has 42 heavy (non-hydrogen) atoms. The molecule has 218 valence electrons. The Morgan fingerprint density at radius 3 is 2.38 bits per heavy atom. The van der Waals surface area contributed by atoms with Gasteiger partial charge in [0, 0.05) is 53.7 Å². The van der Waals surface area contributed by atoms with Crippen LogP contribution in [0.5, 0.6) is 5.75 Å². The van der Waals surface area contributed by atoms with E-state index >= 15 is 0 Å². The van der Waals surface area contributed by atoms with Crippen LogP contribution < -0.4 is 15.4 Å². The maximum atomic E-state index is 12.5. The number of nitrogens with zero attached hydrogens (tertiary/aromatic N) is 3. The van der Waals surface area contributed by atoms with E-state index in [2.05, 4.69) is 27.6 Å². The fraction of sp³-hybridized carbons (Fsp3) is 0.167. The number of fused-ring (bicyclic) bond motifs is 1. The van der Waals surface area contributed by atoms with Crippen molar-refractivity contribution in [2.75, 3.05) is 37.9 Å². The third kappa shape index (κ3) is 10.8. The molecule has 0 aliphatic heterocycles. The quantitative estimate of drug-likeness (QED) is 0.206. The van der Waals surface area contributed by atoms with Crippen molar-refractivity contribution in [1.29, 1.82) is 5.26 Å². The molecule has 3 rings (SSSR count). The Morgan fingerprint density at radius 1 is 1.12 bits per heavy atom. The first-order valence-electron chi connectivity index (χ1n) is 12.2. The van der Waals surface area contributed by atoms with Crippen LogP contribution in [-0.2, 0) is 14.4 Å². The first-order valence-corrected chi connectivity index (χ1v) is 12.2. The molecule has 0 spiro atoms. The van der Waals surface area contributed by atoms with Gasteiger partial charge in [-0.1, -0.05) is 18.1 Å². The largest absolute Gasteiger partial charge is 0.492 e. The summed E-state index contributed by atoms with van der Waals surface area (Å²) < 4.78 is 5.74. The zero-order valence-corrected chi connectivity index (χ0v) is 23.2. The summed E-state index contributed by atoms with van der Waals surface area (Å²) in [7, 11) is 3.85. The molecule has 1 aromatic heterocycles. The summed E-state index contributed by atoms with van der Waals surface area (Å²) in [6, 6.07) is 13.0. The predicted octanol–water partition coefficient (Wildman–Crippen LogP) is 3.17. The molecule has 0 fully saturated rings. The van der Waals surface area contributed by atoms with Gasteiger partial charge in [-0.15, -0.1) is 6.42 Å². The second-order valence-electron chi connectivity index (χ2n) is 8.47. The molecule has 0 aliphatic rings. The highest BCUT2D eigenvalue weighted by atomic mass is 16.5. The van der Waals surface area contributed by atoms with E-state index < -0.39 is 11.9 Å². The predicted molar refractivity (Wildman–Crippen MR) is 160 cm³/mol. The third-order valence-electron chi connectivity index (χ3n) is 5.05. The van der Waals surface area contributed by atoms with E-state index in [4.69, 9.17) is 21.4 Å². The number of benzene rings is 2. The minimum atomic E-state index is -1.26. The number of hydrogen-bond acceptors (Lipinski definition) is 8. The summed E-state index contributed by atoms with van der Waals surface area (Å²) in [5.41, 5.74) is 3.49. The van der Waals surface area contributed by atoms with Gasteiger partial charge in [0.1, 0.15) is 11.8 Å². The molecule has 0 saturated carbocycles. The highest BCUT2D eigenvalue weighted by Crippen LogP contribution is 2.36. The normalized spacial score (nSPS) is 10.2. The van der Waals surface area contributed by atoms with Gasteiger partial charge in [-0.2, -0.15) is 5.26 Å². The number of terminal acetylenes is 1. The zero-order chi connectivity index (χ0) is 30.4. The topological polar surface area (TPSA) is 196 Å². The lowest BCUT2D eigenvalue weighted by atomic mass is 10.1. The first-order chi connectivity index (χ1) is 19.6. The summed E-state index contributed by atoms with van der Waals surface area (Å²) in [5.74, 6) is 0.307. The van der Waals surface area contributed by atoms with E-state index in [0.717, 1.165) is 5.69 Å². The van der Waals surface area contributed by atoms with Gasteiger partial charge in [0.25, 0.3) is 0 Å². The van der Waals surface area contributed by atoms with Crippen molar-refractivity contribution in [1.82, 2.24) is 9.88 Å². The molecule has 0 aliphatic carbocycles. The van der Waals surface area contributed by atoms with Crippen LogP contribution in [0.4, 0.5) is 17.1 Å². The smallest absolute Gasteiger partial charge is 0.328 e. The maximum Gasteiger partial charge on any atom is 0.328 e. The highest BCUT2D eigenvalue weighted by Gasteiger charge is 2.15. The average Bonchev–Trinajstić information content (AvgIpc) is 2.93. The van der Waals surface area contributed by atoms with Crippen molar-refractivity contribution in [3.8, 4) is 24.2 Å². The minimum absolute atomic E-state index is 0. The summed E-state index contributed by atoms with van der Waals surface area (Å²) in [6.45, 7) is 2.93. The highest BCUT2D eigenvalue weighted by molar-refractivity contribution is 6.04. The second kappa shape index (κ2) is 17.1. The van der Waals surface area contributed by atoms with Crippen molar-refractivity contribution >= 4 is 45.8 Å². The molecule has 0 radical (unpaired) electrons. The van der Waals surface area contributed by atoms with Crippen LogP contribution in [0.1, 0.15) is 18.1 Å². The van der Waals surface area contributed by atoms with E-state index in [0.29, 0.717) is 64.5 Å². The summed E-state index contributed by atoms with van der Waals surface area (Å²) >= 11 is 0. The molecule has 1 amide bonds. The van der Waals surface area contributed by atoms with Crippen LogP contribution >= 0.6 is 0 Å². The number of aliphatic carboxylic acids is 2. The molecule has 0 bridgehead atoms. The van der Waals surface area contributed by atoms with Crippen LogP contribution in [0, 0.1) is 23.7 Å². The number of carboxylic acid groups (broad SMARTS) is 2. The van der Waals surface area contributed by atoms with Crippen molar-refractivity contribution < 1.29 is 34.8 Å². The average molecular weight is 574 g/mol. The number of amides is 1. The summed E-state index contributed by atoms with van der Waals surface area (Å²) in [5, 5.41) is 32.1. The van der Waals surface area contributed by atoms with Crippen molar-refractivity contribution in [2.24, 2.45) is 0 Å². The van der Waals surface area contributed by atoms with Gasteiger partial charge in [-0.05, 0) is 45.3 Å². The van der Waals surface area contributed by atoms with Gasteiger partial charge < -0.3 is 36.0 Å². The monoisotopic (exact) mass is 573 g/mol. The van der Waals surface area contributed by atoms with Gasteiger partial charge in [0.15, 0.2) is 0 Å². The molecule has 0 saturated heterocycles. The molecule has 12 nitrogen and oxygen atoms in total. The van der Waals surface area contributed by atoms with Crippen LogP contribution in [0.15, 0.2) is 66.9 Å². The third-order valence-corrected chi connectivity index (χ3v) is 5.05. The molecule has 1 heterocycles. The van der Waals surface area contributed by atoms with Crippen molar-refractivity contribution in [3.05, 3.63) is 78.0 Å². The molecular formula is C30H31N5O7. The zero-order valence-electron chi connectivity index (χ0n) is 23.2. The Balaban J connectivity index is 0.000000860. The number of likely N-dealkylation sites (N-methyl/N-ethyl adjacent to an activating group) is 1. The van der Waals surface area contributed by atoms with Gasteiger partial charge in [0.05, 0.1) is 29.1 Å². The number of ether oxygens (including phenoxy) is 1. The summed E-state index contributed by atoms with van der Waals surface area (Å²) in [6.07, 6.45) is 11.4. The van der Waals surface area contributed by atoms with Crippen LogP contribution in [0.2, 0.25) is 0 Å². The number of nitriles is 1. The molecule has 0 atom stereocenters. The fourth-order valence-electron chi connectivity index (χ4n) is 3.33. The number of carbonyl (C=O) groups excluding carboxylic acids is 1. The molecule has 6 N–H and O–H groups in total. The lowest BCUT2D eigenvalue weighted by Crippen LogP contribution is -2.13. The van der Waals surface area contributed by atoms with Crippen LogP contribution in [-0.4, -0.2) is 70.7 Å². The Kier molecular flexibility index (Phi) is 14.0. The fourth-order valence-corrected chi connectivity index (χ4v) is 3.33. The van der Waals surface area contributed by atoms with Crippen LogP contribution in [0.25, 0.3) is 10.9 Å². The first kappa shape index (κ1) is 34.3. The van der Waals surface area contributed by atoms with Crippen molar-refractivity contribution in [2.45, 2.75) is 6.92 Å². The number of carbonyl (C=O) groups is 3. The van der Waals surface area contributed by atoms with Crippen molar-refractivity contribution in [3.63, 3.8) is 0 Å². The number of carboxylic acids is 2. The second-order valence-corrected chi connectivity index (χ2v) is 8.47. The Bertz CT molecular complexity index is 1550. The van der Waals surface area contributed by atoms with Gasteiger partial charge in [-0.3, -0.25) is 9.78 Å². The Hall–Kier alpha value is -5.69. The van der Waals surface area contributed by atoms with Crippen LogP contribution in [0.3, 0.4) is 0 Å². The van der Waals surface area contributed by atoms with Gasteiger partial charge in [0.2, 0.25) is 5.91 Å². The van der Waals surface area contributed by atoms with E-state index in [1.807, 2.05) is 50.2 Å². The molecule has 0 unspecified atom stereocenters. The standard InChI is InChI=1S/C26H25N5O2.C4H4O4.H2O/c1-5-18-9-7-10-20(13-18)29-26-19(16-27)17-28-22-15-24(33-6-2)23(14-21(22)26)30-25(32)11-8-12-31(3)4;5-3(6)1-2-4(7)8;/h1,7-11,13-15,17H,6,12H2,2-4H3,(H,28,29)(H,30,32);1-2H,(H,5,6)(H,7,8);1H2/b;2-1-;. The number of aromatic nitrogens is 1. The summed E-state index contributed by atoms with van der Waals surface area (Å²) in [4.78, 5) is 38.0. The number of rotatable bonds is 10. The van der Waals surface area contributed by atoms with E-state index in [1.54, 1.807) is 18.2 Å². The molecule has 3 aromatic rings. The SMILES string of the molecule is C#Cc1cccc(Nc2c(C#N)cnc3cc(OCC)c(NC(=O)C=CCN(C)C)cc23)c1.O.O=C(O)/C=C\C(=O)O. The number of anilines is 3. The van der Waals surface area contributed by atoms with Gasteiger partial charge >= 0.3 is 11.9 Å². The molecule has 2 aromatic carbocycles. The van der Waals surface area contributed by atoms with Gasteiger partial charge in [-0.25, -0.2) is 9.59 Å². The number of hydrogen-bond donors (Lipinski definition) is 4. The van der Waals surface area contributed by atoms with E-state index in [-0.39, 0.29) is 11.4 Å². The Labute approximate surface area is 242 Å². The molecule has 12 heteroatoms. The maximum absolute atomic E-state index is 12.5. The number of pyridine rings is 1. The lowest BCUT2D eigenvalue weighted by molar-refractivity contribution is -0.134. The minimum Gasteiger partial charge on any atom is -0.492 e. The van der Waals surface area contributed by atoms with E-state index in [9.17, 15) is 19.6 Å². The lowest BCUT2D eigenvalue weighted by Gasteiger charge is -2.16. The number of nitrogens with one attached hydrogen (secondary N) is 2. The van der Waals surface area contributed by atoms with E-state index in [1.165, 1.54) is 12.3 Å². The molecular weight excluding hydrogens is 542 g/mol.